The summed E-state index contributed by atoms with van der Waals surface area (Å²) >= 11 is 12.0. The van der Waals surface area contributed by atoms with Crippen molar-refractivity contribution in [1.82, 2.24) is 4.31 Å². The van der Waals surface area contributed by atoms with Crippen LogP contribution < -0.4 is 5.43 Å². The zero-order valence-corrected chi connectivity index (χ0v) is 18.3. The number of nitro groups is 1. The first kappa shape index (κ1) is 23.1. The van der Waals surface area contributed by atoms with Gasteiger partial charge in [-0.15, -0.1) is 0 Å². The minimum absolute atomic E-state index is 0.0536. The Kier molecular flexibility index (Phi) is 7.59. The van der Waals surface area contributed by atoms with E-state index in [0.717, 1.165) is 6.07 Å². The second-order valence-corrected chi connectivity index (χ2v) is 8.74. The van der Waals surface area contributed by atoms with Crippen molar-refractivity contribution in [1.29, 1.82) is 0 Å². The molecule has 0 radical (unpaired) electrons. The van der Waals surface area contributed by atoms with Crippen LogP contribution in [-0.2, 0) is 10.0 Å². The molecule has 0 aliphatic rings. The summed E-state index contributed by atoms with van der Waals surface area (Å²) in [5, 5.41) is 16.5. The summed E-state index contributed by atoms with van der Waals surface area (Å²) < 4.78 is 26.5. The van der Waals surface area contributed by atoms with E-state index in [1.54, 1.807) is 39.0 Å². The van der Waals surface area contributed by atoms with Crippen LogP contribution in [0.1, 0.15) is 26.3 Å². The fourth-order valence-electron chi connectivity index (χ4n) is 2.62. The number of benzene rings is 2. The van der Waals surface area contributed by atoms with Crippen LogP contribution in [0.3, 0.4) is 0 Å². The van der Waals surface area contributed by atoms with Crippen LogP contribution >= 0.6 is 23.2 Å². The number of anilines is 1. The Labute approximate surface area is 179 Å². The van der Waals surface area contributed by atoms with E-state index in [9.17, 15) is 18.5 Å². The third-order valence-corrected chi connectivity index (χ3v) is 6.77. The van der Waals surface area contributed by atoms with E-state index in [4.69, 9.17) is 23.2 Å². The van der Waals surface area contributed by atoms with Crippen LogP contribution in [0, 0.1) is 10.1 Å². The van der Waals surface area contributed by atoms with E-state index in [-0.39, 0.29) is 23.7 Å². The molecule has 0 heterocycles. The fraction of sp³-hybridized carbons (Fsp3) is 0.278. The quantitative estimate of drug-likeness (QED) is 0.348. The maximum Gasteiger partial charge on any atom is 0.295 e. The van der Waals surface area contributed by atoms with Crippen molar-refractivity contribution in [3.05, 3.63) is 62.1 Å². The van der Waals surface area contributed by atoms with Crippen molar-refractivity contribution < 1.29 is 13.3 Å². The lowest BCUT2D eigenvalue weighted by Gasteiger charge is -2.18. The molecule has 0 saturated carbocycles. The number of nitrogens with zero attached hydrogens (tertiary/aromatic N) is 3. The normalized spacial score (nSPS) is 12.3. The number of nitrogens with one attached hydrogen (secondary N) is 1. The molecular weight excluding hydrogens is 439 g/mol. The van der Waals surface area contributed by atoms with Crippen molar-refractivity contribution in [2.24, 2.45) is 5.10 Å². The zero-order valence-electron chi connectivity index (χ0n) is 16.0. The molecule has 1 N–H and O–H groups in total. The third-order valence-electron chi connectivity index (χ3n) is 4.17. The average molecular weight is 459 g/mol. The number of rotatable bonds is 8. The van der Waals surface area contributed by atoms with Gasteiger partial charge in [0.1, 0.15) is 5.69 Å². The Morgan fingerprint density at radius 3 is 2.38 bits per heavy atom. The largest absolute Gasteiger partial charge is 0.295 e. The molecule has 0 fully saturated rings. The topological polar surface area (TPSA) is 105 Å². The summed E-state index contributed by atoms with van der Waals surface area (Å²) in [6.45, 7) is 5.60. The number of hydrazone groups is 1. The second kappa shape index (κ2) is 9.53. The Morgan fingerprint density at radius 1 is 1.17 bits per heavy atom. The van der Waals surface area contributed by atoms with Crippen molar-refractivity contribution in [3.8, 4) is 0 Å². The molecule has 2 aromatic carbocycles. The van der Waals surface area contributed by atoms with Gasteiger partial charge in [0.2, 0.25) is 10.0 Å². The highest BCUT2D eigenvalue weighted by Gasteiger charge is 2.25. The van der Waals surface area contributed by atoms with E-state index >= 15 is 0 Å². The molecule has 0 aliphatic carbocycles. The van der Waals surface area contributed by atoms with Crippen LogP contribution in [0.4, 0.5) is 11.4 Å². The van der Waals surface area contributed by atoms with Gasteiger partial charge in [0.15, 0.2) is 0 Å². The van der Waals surface area contributed by atoms with Gasteiger partial charge in [0.05, 0.1) is 20.6 Å². The Morgan fingerprint density at radius 2 is 1.83 bits per heavy atom. The van der Waals surface area contributed by atoms with Crippen molar-refractivity contribution in [3.63, 3.8) is 0 Å². The predicted octanol–water partition coefficient (Wildman–Crippen LogP) is 4.77. The molecule has 11 heteroatoms. The number of hydrogen-bond acceptors (Lipinski definition) is 6. The Hall–Kier alpha value is -2.20. The molecule has 0 aliphatic heterocycles. The van der Waals surface area contributed by atoms with Gasteiger partial charge in [-0.25, -0.2) is 8.42 Å². The minimum Gasteiger partial charge on any atom is -0.271 e. The standard InChI is InChI=1S/C18H20Cl2N4O4S/c1-4-23(5-2)29(27,28)14-7-9-17(18(11-14)24(25)26)22-21-12(3)15-8-6-13(19)10-16(15)20/h6-11,22H,4-5H2,1-3H3. The molecule has 0 amide bonds. The van der Waals surface area contributed by atoms with Crippen LogP contribution in [-0.4, -0.2) is 36.4 Å². The molecule has 0 aromatic heterocycles. The maximum absolute atomic E-state index is 12.6. The lowest BCUT2D eigenvalue weighted by atomic mass is 10.1. The SMILES string of the molecule is CCN(CC)S(=O)(=O)c1ccc(NN=C(C)c2ccc(Cl)cc2Cl)c([N+](=O)[O-])c1. The minimum atomic E-state index is -3.82. The average Bonchev–Trinajstić information content (AvgIpc) is 2.66. The summed E-state index contributed by atoms with van der Waals surface area (Å²) in [5.41, 5.74) is 3.34. The van der Waals surface area contributed by atoms with Gasteiger partial charge >= 0.3 is 0 Å². The van der Waals surface area contributed by atoms with Crippen LogP contribution in [0.2, 0.25) is 10.0 Å². The summed E-state index contributed by atoms with van der Waals surface area (Å²) in [7, 11) is -3.82. The monoisotopic (exact) mass is 458 g/mol. The van der Waals surface area contributed by atoms with Gasteiger partial charge in [-0.05, 0) is 31.2 Å². The molecule has 156 valence electrons. The fourth-order valence-corrected chi connectivity index (χ4v) is 4.64. The van der Waals surface area contributed by atoms with E-state index in [2.05, 4.69) is 10.5 Å². The van der Waals surface area contributed by atoms with Crippen molar-refractivity contribution in [2.75, 3.05) is 18.5 Å². The number of hydrogen-bond donors (Lipinski definition) is 1. The number of halogens is 2. The van der Waals surface area contributed by atoms with Crippen molar-refractivity contribution in [2.45, 2.75) is 25.7 Å². The smallest absolute Gasteiger partial charge is 0.271 e. The molecule has 0 bridgehead atoms. The molecule has 8 nitrogen and oxygen atoms in total. The molecule has 0 spiro atoms. The molecular formula is C18H20Cl2N4O4S. The number of sulfonamides is 1. The summed E-state index contributed by atoms with van der Waals surface area (Å²) in [6, 6.07) is 8.54. The van der Waals surface area contributed by atoms with Crippen LogP contribution in [0.5, 0.6) is 0 Å². The summed E-state index contributed by atoms with van der Waals surface area (Å²) in [5.74, 6) is 0. The van der Waals surface area contributed by atoms with Crippen molar-refractivity contribution >= 4 is 50.3 Å². The van der Waals surface area contributed by atoms with Gasteiger partial charge in [0, 0.05) is 29.7 Å². The third kappa shape index (κ3) is 5.24. The first-order valence-electron chi connectivity index (χ1n) is 8.66. The lowest BCUT2D eigenvalue weighted by molar-refractivity contribution is -0.384. The molecule has 29 heavy (non-hydrogen) atoms. The van der Waals surface area contributed by atoms with E-state index < -0.39 is 20.6 Å². The highest BCUT2D eigenvalue weighted by atomic mass is 35.5. The van der Waals surface area contributed by atoms with Gasteiger partial charge in [0.25, 0.3) is 5.69 Å². The van der Waals surface area contributed by atoms with E-state index in [1.807, 2.05) is 0 Å². The molecule has 0 saturated heterocycles. The van der Waals surface area contributed by atoms with Gasteiger partial charge < -0.3 is 0 Å². The second-order valence-electron chi connectivity index (χ2n) is 5.96. The number of nitro benzene ring substituents is 1. The first-order chi connectivity index (χ1) is 13.6. The van der Waals surface area contributed by atoms with E-state index in [0.29, 0.717) is 21.3 Å². The lowest BCUT2D eigenvalue weighted by Crippen LogP contribution is -2.30. The molecule has 0 atom stereocenters. The Balaban J connectivity index is 2.40. The maximum atomic E-state index is 12.6. The van der Waals surface area contributed by atoms with Crippen LogP contribution in [0.25, 0.3) is 0 Å². The molecule has 2 rings (SSSR count). The summed E-state index contributed by atoms with van der Waals surface area (Å²) in [6.07, 6.45) is 0. The van der Waals surface area contributed by atoms with Crippen LogP contribution in [0.15, 0.2) is 46.4 Å². The summed E-state index contributed by atoms with van der Waals surface area (Å²) in [4.78, 5) is 10.7. The molecule has 2 aromatic rings. The highest BCUT2D eigenvalue weighted by molar-refractivity contribution is 7.89. The van der Waals surface area contributed by atoms with E-state index in [1.165, 1.54) is 16.4 Å². The molecule has 0 unspecified atom stereocenters. The first-order valence-corrected chi connectivity index (χ1v) is 10.9. The van der Waals surface area contributed by atoms with Gasteiger partial charge in [-0.2, -0.15) is 9.41 Å². The Bertz CT molecular complexity index is 1050. The van der Waals surface area contributed by atoms with Gasteiger partial charge in [-0.1, -0.05) is 43.1 Å². The highest BCUT2D eigenvalue weighted by Crippen LogP contribution is 2.29. The predicted molar refractivity (Wildman–Crippen MR) is 115 cm³/mol. The zero-order chi connectivity index (χ0) is 21.8. The van der Waals surface area contributed by atoms with Gasteiger partial charge in [-0.3, -0.25) is 15.5 Å².